The number of hydrogen-bond donors (Lipinski definition) is 1. The van der Waals surface area contributed by atoms with Crippen LogP contribution in [0.1, 0.15) is 24.2 Å². The van der Waals surface area contributed by atoms with Crippen molar-refractivity contribution in [2.75, 3.05) is 25.5 Å². The molecule has 2 aliphatic rings. The Hall–Kier alpha value is -4.01. The molecule has 4 aromatic rings. The molecule has 0 radical (unpaired) electrons. The minimum absolute atomic E-state index is 0.0587. The zero-order chi connectivity index (χ0) is 27.7. The first kappa shape index (κ1) is 26.2. The number of fused-ring (bicyclic) bond motifs is 1. The van der Waals surface area contributed by atoms with Gasteiger partial charge in [0, 0.05) is 37.1 Å². The number of nitrogens with zero attached hydrogens (tertiary/aromatic N) is 6. The normalized spacial score (nSPS) is 16.5. The minimum atomic E-state index is -3.37. The predicted octanol–water partition coefficient (Wildman–Crippen LogP) is 2.67. The molecule has 1 aliphatic heterocycles. The molecule has 0 atom stereocenters. The van der Waals surface area contributed by atoms with Crippen LogP contribution in [0.2, 0.25) is 0 Å². The fourth-order valence-corrected chi connectivity index (χ4v) is 6.60. The number of oxime groups is 1. The van der Waals surface area contributed by atoms with Gasteiger partial charge >= 0.3 is 0 Å². The first-order valence-corrected chi connectivity index (χ1v) is 15.0. The van der Waals surface area contributed by atoms with Crippen LogP contribution < -0.4 is 10.1 Å². The van der Waals surface area contributed by atoms with Crippen LogP contribution in [-0.2, 0) is 26.1 Å². The summed E-state index contributed by atoms with van der Waals surface area (Å²) in [6.45, 7) is 1.63. The number of amides is 1. The van der Waals surface area contributed by atoms with Crippen LogP contribution in [0, 0.1) is 0 Å². The molecule has 1 saturated carbocycles. The Morgan fingerprint density at radius 2 is 1.85 bits per heavy atom. The molecule has 40 heavy (non-hydrogen) atoms. The molecule has 12 nitrogen and oxygen atoms in total. The van der Waals surface area contributed by atoms with E-state index in [-0.39, 0.29) is 28.6 Å². The van der Waals surface area contributed by atoms with Crippen molar-refractivity contribution in [2.45, 2.75) is 35.7 Å². The average Bonchev–Trinajstić information content (AvgIpc) is 3.72. The lowest BCUT2D eigenvalue weighted by Crippen LogP contribution is -2.51. The molecule has 206 valence electrons. The summed E-state index contributed by atoms with van der Waals surface area (Å²) in [7, 11) is -1.35. The van der Waals surface area contributed by atoms with Gasteiger partial charge in [-0.15, -0.1) is 0 Å². The van der Waals surface area contributed by atoms with Crippen LogP contribution in [0.4, 0.5) is 5.13 Å². The van der Waals surface area contributed by atoms with Crippen LogP contribution in [0.15, 0.2) is 64.9 Å². The number of aromatic nitrogens is 4. The molecule has 2 fully saturated rings. The number of likely N-dealkylation sites (N-methyl/N-ethyl adjacent to an activating group) is 1. The number of sulfone groups is 1. The van der Waals surface area contributed by atoms with E-state index in [1.54, 1.807) is 30.6 Å². The fourth-order valence-electron chi connectivity index (χ4n) is 4.12. The van der Waals surface area contributed by atoms with Crippen LogP contribution in [0.3, 0.4) is 0 Å². The molecule has 1 N–H and O–H groups in total. The number of nitrogens with one attached hydrogen (secondary N) is 1. The summed E-state index contributed by atoms with van der Waals surface area (Å²) in [4.78, 5) is 38.9. The van der Waals surface area contributed by atoms with Gasteiger partial charge in [-0.2, -0.15) is 0 Å². The first-order valence-electron chi connectivity index (χ1n) is 12.6. The smallest absolute Gasteiger partial charge is 0.280 e. The van der Waals surface area contributed by atoms with E-state index in [0.29, 0.717) is 45.6 Å². The van der Waals surface area contributed by atoms with Crippen LogP contribution in [0.25, 0.3) is 10.3 Å². The number of carbonyl (C=O) groups excluding carboxylic acids is 1. The Balaban J connectivity index is 1.22. The summed E-state index contributed by atoms with van der Waals surface area (Å²) in [5.41, 5.74) is 0.933. The number of thiazole rings is 1. The van der Waals surface area contributed by atoms with E-state index in [4.69, 9.17) is 9.57 Å². The third-order valence-corrected chi connectivity index (χ3v) is 9.53. The van der Waals surface area contributed by atoms with Crippen molar-refractivity contribution in [3.05, 3.63) is 66.2 Å². The highest BCUT2D eigenvalue weighted by Crippen LogP contribution is 2.33. The van der Waals surface area contributed by atoms with Gasteiger partial charge in [0.05, 0.1) is 10.1 Å². The van der Waals surface area contributed by atoms with Gasteiger partial charge in [-0.3, -0.25) is 15.0 Å². The van der Waals surface area contributed by atoms with Crippen molar-refractivity contribution in [3.63, 3.8) is 0 Å². The third-order valence-electron chi connectivity index (χ3n) is 6.37. The summed E-state index contributed by atoms with van der Waals surface area (Å²) < 4.78 is 31.1. The van der Waals surface area contributed by atoms with Gasteiger partial charge in [0.2, 0.25) is 5.88 Å². The van der Waals surface area contributed by atoms with Crippen molar-refractivity contribution in [3.8, 4) is 5.88 Å². The van der Waals surface area contributed by atoms with Crippen molar-refractivity contribution >= 4 is 48.3 Å². The van der Waals surface area contributed by atoms with Gasteiger partial charge in [-0.1, -0.05) is 28.6 Å². The second-order valence-corrected chi connectivity index (χ2v) is 12.8. The maximum atomic E-state index is 13.4. The first-order chi connectivity index (χ1) is 19.3. The lowest BCUT2D eigenvalue weighted by molar-refractivity contribution is -0.110. The largest absolute Gasteiger partial charge is 0.472 e. The van der Waals surface area contributed by atoms with E-state index in [2.05, 4.69) is 35.3 Å². The topological polar surface area (TPSA) is 149 Å². The number of ether oxygens (including phenoxy) is 1. The van der Waals surface area contributed by atoms with Crippen LogP contribution >= 0.6 is 11.3 Å². The van der Waals surface area contributed by atoms with Crippen molar-refractivity contribution in [2.24, 2.45) is 5.16 Å². The summed E-state index contributed by atoms with van der Waals surface area (Å²) in [5.74, 6) is 0.313. The summed E-state index contributed by atoms with van der Waals surface area (Å²) >= 11 is 1.20. The van der Waals surface area contributed by atoms with Gasteiger partial charge in [0.25, 0.3) is 5.91 Å². The second kappa shape index (κ2) is 10.9. The van der Waals surface area contributed by atoms with Crippen molar-refractivity contribution < 1.29 is 22.8 Å². The Bertz CT molecular complexity index is 1670. The summed E-state index contributed by atoms with van der Waals surface area (Å²) in [6.07, 6.45) is 4.58. The van der Waals surface area contributed by atoms with E-state index >= 15 is 0 Å². The molecule has 1 aromatic carbocycles. The molecule has 6 rings (SSSR count). The quantitative estimate of drug-likeness (QED) is 0.219. The van der Waals surface area contributed by atoms with E-state index in [1.165, 1.54) is 35.6 Å². The maximum Gasteiger partial charge on any atom is 0.280 e. The molecule has 0 bridgehead atoms. The van der Waals surface area contributed by atoms with E-state index in [1.807, 2.05) is 7.05 Å². The third kappa shape index (κ3) is 5.78. The van der Waals surface area contributed by atoms with Crippen molar-refractivity contribution in [1.29, 1.82) is 0 Å². The summed E-state index contributed by atoms with van der Waals surface area (Å²) in [5, 5.41) is 6.80. The van der Waals surface area contributed by atoms with E-state index < -0.39 is 15.7 Å². The standard InChI is InChI=1S/C26H25N7O5S2/c1-33-13-17(14-33)38-22-10-9-20-25(30-22)39-26(29-20)31-24(34)23(32-37-15-21-27-11-2-12-28-21)16-3-5-18(6-4-16)40(35,36)19-7-8-19/h2-6,9-12,17,19H,7-8,13-15H2,1H3,(H,29,31,34). The van der Waals surface area contributed by atoms with Gasteiger partial charge in [-0.05, 0) is 44.2 Å². The average molecular weight is 580 g/mol. The van der Waals surface area contributed by atoms with E-state index in [9.17, 15) is 13.2 Å². The Labute approximate surface area is 234 Å². The highest BCUT2D eigenvalue weighted by atomic mass is 32.2. The van der Waals surface area contributed by atoms with Gasteiger partial charge in [0.15, 0.2) is 33.1 Å². The molecule has 1 amide bonds. The predicted molar refractivity (Wildman–Crippen MR) is 148 cm³/mol. The Kier molecular flexibility index (Phi) is 7.12. The van der Waals surface area contributed by atoms with Gasteiger partial charge in [-0.25, -0.2) is 28.4 Å². The van der Waals surface area contributed by atoms with Gasteiger partial charge < -0.3 is 9.57 Å². The molecule has 3 aromatic heterocycles. The van der Waals surface area contributed by atoms with Crippen LogP contribution in [0.5, 0.6) is 5.88 Å². The Morgan fingerprint density at radius 1 is 1.10 bits per heavy atom. The zero-order valence-electron chi connectivity index (χ0n) is 21.4. The minimum Gasteiger partial charge on any atom is -0.472 e. The molecule has 14 heteroatoms. The molecule has 0 spiro atoms. The lowest BCUT2D eigenvalue weighted by atomic mass is 10.1. The molecule has 4 heterocycles. The van der Waals surface area contributed by atoms with E-state index in [0.717, 1.165) is 13.1 Å². The number of carbonyl (C=O) groups is 1. The highest BCUT2D eigenvalue weighted by molar-refractivity contribution is 7.92. The lowest BCUT2D eigenvalue weighted by Gasteiger charge is -2.35. The number of pyridine rings is 1. The van der Waals surface area contributed by atoms with Gasteiger partial charge in [0.1, 0.15) is 16.5 Å². The molecule has 1 aliphatic carbocycles. The number of anilines is 1. The van der Waals surface area contributed by atoms with Crippen molar-refractivity contribution in [1.82, 2.24) is 24.8 Å². The molecule has 0 unspecified atom stereocenters. The molecular formula is C26H25N7O5S2. The number of benzene rings is 1. The number of hydrogen-bond acceptors (Lipinski definition) is 12. The molecular weight excluding hydrogens is 554 g/mol. The second-order valence-electron chi connectivity index (χ2n) is 9.56. The SMILES string of the molecule is CN1CC(Oc2ccc3nc(NC(=O)C(=NOCc4ncccn4)c4ccc(S(=O)(=O)C5CC5)cc4)sc3n2)C1. The highest BCUT2D eigenvalue weighted by Gasteiger charge is 2.36. The monoisotopic (exact) mass is 579 g/mol. The fraction of sp³-hybridized carbons (Fsp3) is 0.308. The molecule has 1 saturated heterocycles. The number of rotatable bonds is 10. The van der Waals surface area contributed by atoms with Crippen LogP contribution in [-0.4, -0.2) is 76.4 Å². The zero-order valence-corrected chi connectivity index (χ0v) is 23.1. The number of likely N-dealkylation sites (tertiary alicyclic amines) is 1. The maximum absolute atomic E-state index is 13.4. The Morgan fingerprint density at radius 3 is 2.55 bits per heavy atom. The summed E-state index contributed by atoms with van der Waals surface area (Å²) in [6, 6.07) is 11.3.